The molecule has 1 rings (SSSR count). The Hall–Kier alpha value is -1.53. The monoisotopic (exact) mass is 213 g/mol. The third kappa shape index (κ3) is 4.48. The first-order valence-corrected chi connectivity index (χ1v) is 4.63. The van der Waals surface area contributed by atoms with E-state index in [2.05, 4.69) is 10.1 Å². The molecule has 1 heterocycles. The predicted molar refractivity (Wildman–Crippen MR) is 53.8 cm³/mol. The molecule has 0 radical (unpaired) electrons. The second kappa shape index (κ2) is 6.05. The first kappa shape index (κ1) is 11.5. The van der Waals surface area contributed by atoms with Gasteiger partial charge in [-0.15, -0.1) is 0 Å². The van der Waals surface area contributed by atoms with Crippen LogP contribution in [-0.2, 0) is 17.9 Å². The summed E-state index contributed by atoms with van der Waals surface area (Å²) in [5.74, 6) is 1.34. The number of amides is 1. The fraction of sp³-hybridized carbons (Fsp3) is 0.444. The molecule has 0 fully saturated rings. The van der Waals surface area contributed by atoms with Gasteiger partial charge in [0, 0.05) is 13.1 Å². The quantitative estimate of drug-likeness (QED) is 0.573. The van der Waals surface area contributed by atoms with E-state index in [-0.39, 0.29) is 6.61 Å². The Labute approximate surface area is 87.6 Å². The summed E-state index contributed by atoms with van der Waals surface area (Å²) in [6.45, 7) is 1.98. The minimum absolute atomic E-state index is 0.0617. The first-order valence-electron chi connectivity index (χ1n) is 4.63. The molecule has 1 aromatic heterocycles. The second-order valence-corrected chi connectivity index (χ2v) is 2.94. The van der Waals surface area contributed by atoms with Crippen molar-refractivity contribution in [3.63, 3.8) is 0 Å². The van der Waals surface area contributed by atoms with E-state index < -0.39 is 6.09 Å². The van der Waals surface area contributed by atoms with E-state index in [0.717, 1.165) is 12.3 Å². The van der Waals surface area contributed by atoms with Crippen molar-refractivity contribution in [1.82, 2.24) is 5.32 Å². The summed E-state index contributed by atoms with van der Waals surface area (Å²) in [4.78, 5) is 10.3. The van der Waals surface area contributed by atoms with Gasteiger partial charge in [-0.2, -0.15) is 0 Å². The molecule has 15 heavy (non-hydrogen) atoms. The van der Waals surface area contributed by atoms with Gasteiger partial charge in [0.2, 0.25) is 0 Å². The number of hydrogen-bond donors (Lipinski definition) is 3. The van der Waals surface area contributed by atoms with Crippen LogP contribution in [0.1, 0.15) is 11.5 Å². The molecule has 6 nitrogen and oxygen atoms in total. The molecule has 0 bridgehead atoms. The highest BCUT2D eigenvalue weighted by Crippen LogP contribution is 2.08. The van der Waals surface area contributed by atoms with Gasteiger partial charge < -0.3 is 25.9 Å². The summed E-state index contributed by atoms with van der Waals surface area (Å²) in [6, 6.07) is 3.55. The highest BCUT2D eigenvalue weighted by molar-refractivity contribution is 5.64. The SMILES string of the molecule is NCCNCc1ccc(COC(N)=O)o1. The minimum Gasteiger partial charge on any atom is -0.461 e. The number of primary amides is 1. The largest absolute Gasteiger partial charge is 0.461 e. The molecule has 6 heteroatoms. The minimum atomic E-state index is -0.811. The lowest BCUT2D eigenvalue weighted by molar-refractivity contribution is 0.140. The average molecular weight is 213 g/mol. The van der Waals surface area contributed by atoms with Crippen LogP contribution < -0.4 is 16.8 Å². The molecular weight excluding hydrogens is 198 g/mol. The summed E-state index contributed by atoms with van der Waals surface area (Å²) in [7, 11) is 0. The van der Waals surface area contributed by atoms with E-state index in [4.69, 9.17) is 15.9 Å². The van der Waals surface area contributed by atoms with Crippen molar-refractivity contribution in [2.24, 2.45) is 11.5 Å². The van der Waals surface area contributed by atoms with Crippen LogP contribution >= 0.6 is 0 Å². The summed E-state index contributed by atoms with van der Waals surface area (Å²) in [5.41, 5.74) is 10.1. The summed E-state index contributed by atoms with van der Waals surface area (Å²) in [5, 5.41) is 3.08. The molecule has 0 aliphatic heterocycles. The van der Waals surface area contributed by atoms with E-state index in [0.29, 0.717) is 18.8 Å². The number of nitrogens with two attached hydrogens (primary N) is 2. The Bertz CT molecular complexity index is 311. The predicted octanol–water partition coefficient (Wildman–Crippen LogP) is -0.0768. The van der Waals surface area contributed by atoms with Gasteiger partial charge in [-0.05, 0) is 12.1 Å². The number of ether oxygens (including phenoxy) is 1. The van der Waals surface area contributed by atoms with Gasteiger partial charge in [0.25, 0.3) is 0 Å². The van der Waals surface area contributed by atoms with Gasteiger partial charge in [-0.25, -0.2) is 4.79 Å². The standard InChI is InChI=1S/C9H15N3O3/c10-3-4-12-5-7-1-2-8(15-7)6-14-9(11)13/h1-2,12H,3-6,10H2,(H2,11,13). The molecule has 0 saturated heterocycles. The molecule has 1 aromatic rings. The smallest absolute Gasteiger partial charge is 0.404 e. The van der Waals surface area contributed by atoms with Crippen molar-refractivity contribution in [3.8, 4) is 0 Å². The molecule has 0 atom stereocenters. The van der Waals surface area contributed by atoms with Crippen molar-refractivity contribution in [2.75, 3.05) is 13.1 Å². The highest BCUT2D eigenvalue weighted by Gasteiger charge is 2.03. The van der Waals surface area contributed by atoms with Crippen LogP contribution in [0.25, 0.3) is 0 Å². The Morgan fingerprint density at radius 1 is 1.47 bits per heavy atom. The normalized spacial score (nSPS) is 10.2. The zero-order valence-electron chi connectivity index (χ0n) is 8.36. The zero-order chi connectivity index (χ0) is 11.1. The third-order valence-corrected chi connectivity index (χ3v) is 1.69. The van der Waals surface area contributed by atoms with Gasteiger partial charge >= 0.3 is 6.09 Å². The topological polar surface area (TPSA) is 104 Å². The van der Waals surface area contributed by atoms with Gasteiger partial charge in [-0.3, -0.25) is 0 Å². The maximum atomic E-state index is 10.3. The van der Waals surface area contributed by atoms with E-state index in [1.54, 1.807) is 6.07 Å². The van der Waals surface area contributed by atoms with Crippen LogP contribution in [0.5, 0.6) is 0 Å². The van der Waals surface area contributed by atoms with Crippen LogP contribution in [0.15, 0.2) is 16.5 Å². The third-order valence-electron chi connectivity index (χ3n) is 1.69. The van der Waals surface area contributed by atoms with E-state index in [1.165, 1.54) is 0 Å². The molecule has 0 unspecified atom stereocenters. The molecule has 84 valence electrons. The molecule has 5 N–H and O–H groups in total. The molecule has 0 spiro atoms. The number of furan rings is 1. The lowest BCUT2D eigenvalue weighted by Gasteiger charge is -1.99. The molecule has 0 aliphatic carbocycles. The van der Waals surface area contributed by atoms with Crippen molar-refractivity contribution < 1.29 is 13.9 Å². The summed E-state index contributed by atoms with van der Waals surface area (Å²) in [6.07, 6.45) is -0.811. The number of carbonyl (C=O) groups excluding carboxylic acids is 1. The van der Waals surface area contributed by atoms with Crippen molar-refractivity contribution in [1.29, 1.82) is 0 Å². The Morgan fingerprint density at radius 3 is 2.87 bits per heavy atom. The fourth-order valence-electron chi connectivity index (χ4n) is 1.05. The Balaban J connectivity index is 2.32. The Morgan fingerprint density at radius 2 is 2.20 bits per heavy atom. The van der Waals surface area contributed by atoms with Gasteiger partial charge in [0.15, 0.2) is 6.61 Å². The van der Waals surface area contributed by atoms with Crippen LogP contribution in [0.3, 0.4) is 0 Å². The van der Waals surface area contributed by atoms with Crippen LogP contribution in [0.4, 0.5) is 4.79 Å². The highest BCUT2D eigenvalue weighted by atomic mass is 16.6. The maximum Gasteiger partial charge on any atom is 0.404 e. The lowest BCUT2D eigenvalue weighted by atomic mass is 10.4. The van der Waals surface area contributed by atoms with E-state index >= 15 is 0 Å². The first-order chi connectivity index (χ1) is 7.22. The van der Waals surface area contributed by atoms with Crippen LogP contribution in [0.2, 0.25) is 0 Å². The van der Waals surface area contributed by atoms with E-state index in [9.17, 15) is 4.79 Å². The molecule has 0 saturated carbocycles. The molecular formula is C9H15N3O3. The van der Waals surface area contributed by atoms with Crippen LogP contribution in [-0.4, -0.2) is 19.2 Å². The zero-order valence-corrected chi connectivity index (χ0v) is 8.36. The summed E-state index contributed by atoms with van der Waals surface area (Å²) >= 11 is 0. The van der Waals surface area contributed by atoms with E-state index in [1.807, 2.05) is 6.07 Å². The van der Waals surface area contributed by atoms with Crippen molar-refractivity contribution in [2.45, 2.75) is 13.2 Å². The molecule has 0 aromatic carbocycles. The van der Waals surface area contributed by atoms with Gasteiger partial charge in [-0.1, -0.05) is 0 Å². The second-order valence-electron chi connectivity index (χ2n) is 2.94. The average Bonchev–Trinajstić information content (AvgIpc) is 2.63. The number of rotatable bonds is 6. The molecule has 1 amide bonds. The molecule has 0 aliphatic rings. The van der Waals surface area contributed by atoms with Crippen molar-refractivity contribution in [3.05, 3.63) is 23.7 Å². The van der Waals surface area contributed by atoms with Crippen LogP contribution in [0, 0.1) is 0 Å². The lowest BCUT2D eigenvalue weighted by Crippen LogP contribution is -2.21. The number of carbonyl (C=O) groups is 1. The van der Waals surface area contributed by atoms with Crippen molar-refractivity contribution >= 4 is 6.09 Å². The number of nitrogens with one attached hydrogen (secondary N) is 1. The Kier molecular flexibility index (Phi) is 4.65. The summed E-state index contributed by atoms with van der Waals surface area (Å²) < 4.78 is 9.92. The maximum absolute atomic E-state index is 10.3. The number of hydrogen-bond acceptors (Lipinski definition) is 5. The van der Waals surface area contributed by atoms with Gasteiger partial charge in [0.1, 0.15) is 11.5 Å². The van der Waals surface area contributed by atoms with Gasteiger partial charge in [0.05, 0.1) is 6.54 Å². The fourth-order valence-corrected chi connectivity index (χ4v) is 1.05.